The summed E-state index contributed by atoms with van der Waals surface area (Å²) in [6, 6.07) is 2.21. The van der Waals surface area contributed by atoms with Gasteiger partial charge in [-0.05, 0) is 19.8 Å². The second-order valence-electron chi connectivity index (χ2n) is 5.41. The Morgan fingerprint density at radius 1 is 1.32 bits per heavy atom. The number of anilines is 2. The molecule has 2 heterocycles. The number of carbonyl (C=O) groups is 1. The standard InChI is InChI=1S/C14H18ClN3O/c1-9-14(19)17(2)12-8-16-13(15)7-11(12)18(9)10-5-3-4-6-10/h7-10H,3-6H2,1-2H3. The van der Waals surface area contributed by atoms with E-state index in [-0.39, 0.29) is 11.9 Å². The van der Waals surface area contributed by atoms with E-state index in [1.807, 2.05) is 13.0 Å². The molecule has 1 saturated carbocycles. The van der Waals surface area contributed by atoms with Crippen molar-refractivity contribution in [2.75, 3.05) is 16.8 Å². The van der Waals surface area contributed by atoms with Crippen LogP contribution in [0.1, 0.15) is 32.6 Å². The molecule has 0 aromatic carbocycles. The molecule has 2 aliphatic rings. The maximum Gasteiger partial charge on any atom is 0.249 e. The molecule has 5 heteroatoms. The van der Waals surface area contributed by atoms with Crippen molar-refractivity contribution >= 4 is 28.9 Å². The molecule has 0 radical (unpaired) electrons. The van der Waals surface area contributed by atoms with Crippen molar-refractivity contribution in [2.45, 2.75) is 44.7 Å². The summed E-state index contributed by atoms with van der Waals surface area (Å²) < 4.78 is 0. The van der Waals surface area contributed by atoms with E-state index in [0.717, 1.165) is 24.2 Å². The highest BCUT2D eigenvalue weighted by Crippen LogP contribution is 2.40. The van der Waals surface area contributed by atoms with Gasteiger partial charge in [0.2, 0.25) is 5.91 Å². The molecular weight excluding hydrogens is 262 g/mol. The van der Waals surface area contributed by atoms with Gasteiger partial charge in [-0.3, -0.25) is 4.79 Å². The SMILES string of the molecule is CC1C(=O)N(C)c2cnc(Cl)cc2N1C1CCCC1. The fourth-order valence-electron chi connectivity index (χ4n) is 3.30. The van der Waals surface area contributed by atoms with E-state index in [1.165, 1.54) is 12.8 Å². The molecule has 1 aromatic heterocycles. The van der Waals surface area contributed by atoms with Crippen molar-refractivity contribution in [1.29, 1.82) is 0 Å². The Bertz CT molecular complexity index is 513. The van der Waals surface area contributed by atoms with Crippen LogP contribution in [-0.4, -0.2) is 30.0 Å². The van der Waals surface area contributed by atoms with Gasteiger partial charge in [0.25, 0.3) is 0 Å². The number of pyridine rings is 1. The molecule has 4 nitrogen and oxygen atoms in total. The zero-order valence-corrected chi connectivity index (χ0v) is 12.0. The number of carbonyl (C=O) groups excluding carboxylic acids is 1. The first-order valence-electron chi connectivity index (χ1n) is 6.81. The summed E-state index contributed by atoms with van der Waals surface area (Å²) in [6.45, 7) is 1.98. The van der Waals surface area contributed by atoms with Crippen LogP contribution in [0.3, 0.4) is 0 Å². The second kappa shape index (κ2) is 4.67. The van der Waals surface area contributed by atoms with Crippen molar-refractivity contribution in [2.24, 2.45) is 0 Å². The number of hydrogen-bond donors (Lipinski definition) is 0. The molecule has 0 spiro atoms. The Kier molecular flexibility index (Phi) is 3.13. The van der Waals surface area contributed by atoms with Crippen LogP contribution < -0.4 is 9.80 Å². The third-order valence-electron chi connectivity index (χ3n) is 4.29. The van der Waals surface area contributed by atoms with Gasteiger partial charge in [-0.15, -0.1) is 0 Å². The van der Waals surface area contributed by atoms with Gasteiger partial charge < -0.3 is 9.80 Å². The molecule has 1 aromatic rings. The van der Waals surface area contributed by atoms with E-state index in [2.05, 4.69) is 9.88 Å². The second-order valence-corrected chi connectivity index (χ2v) is 5.80. The highest BCUT2D eigenvalue weighted by Gasteiger charge is 2.38. The lowest BCUT2D eigenvalue weighted by atomic mass is 10.0. The van der Waals surface area contributed by atoms with Gasteiger partial charge in [0.1, 0.15) is 11.2 Å². The smallest absolute Gasteiger partial charge is 0.249 e. The van der Waals surface area contributed by atoms with Crippen LogP contribution >= 0.6 is 11.6 Å². The van der Waals surface area contributed by atoms with Crippen LogP contribution in [0.2, 0.25) is 5.15 Å². The number of rotatable bonds is 1. The minimum absolute atomic E-state index is 0.126. The predicted molar refractivity (Wildman–Crippen MR) is 76.9 cm³/mol. The first-order chi connectivity index (χ1) is 9.09. The summed E-state index contributed by atoms with van der Waals surface area (Å²) in [5.41, 5.74) is 1.90. The lowest BCUT2D eigenvalue weighted by molar-refractivity contribution is -0.119. The maximum atomic E-state index is 12.4. The number of hydrogen-bond acceptors (Lipinski definition) is 3. The van der Waals surface area contributed by atoms with Gasteiger partial charge >= 0.3 is 0 Å². The molecule has 19 heavy (non-hydrogen) atoms. The largest absolute Gasteiger partial charge is 0.355 e. The quantitative estimate of drug-likeness (QED) is 0.742. The fraction of sp³-hybridized carbons (Fsp3) is 0.571. The third-order valence-corrected chi connectivity index (χ3v) is 4.50. The van der Waals surface area contributed by atoms with Crippen LogP contribution in [-0.2, 0) is 4.79 Å². The third kappa shape index (κ3) is 1.98. The molecule has 102 valence electrons. The average molecular weight is 280 g/mol. The summed E-state index contributed by atoms with van der Waals surface area (Å²) in [5, 5.41) is 0.483. The maximum absolute atomic E-state index is 12.4. The van der Waals surface area contributed by atoms with Gasteiger partial charge in [0.05, 0.1) is 17.6 Å². The molecule has 3 rings (SSSR count). The average Bonchev–Trinajstić information content (AvgIpc) is 2.90. The Balaban J connectivity index is 2.10. The van der Waals surface area contributed by atoms with E-state index in [1.54, 1.807) is 18.1 Å². The number of nitrogens with zero attached hydrogens (tertiary/aromatic N) is 3. The summed E-state index contributed by atoms with van der Waals surface area (Å²) in [7, 11) is 1.80. The molecule has 1 fully saturated rings. The number of likely N-dealkylation sites (N-methyl/N-ethyl adjacent to an activating group) is 1. The van der Waals surface area contributed by atoms with Gasteiger partial charge in [-0.1, -0.05) is 24.4 Å². The van der Waals surface area contributed by atoms with Crippen molar-refractivity contribution in [1.82, 2.24) is 4.98 Å². The topological polar surface area (TPSA) is 36.4 Å². The van der Waals surface area contributed by atoms with Gasteiger partial charge in [0, 0.05) is 19.2 Å². The lowest BCUT2D eigenvalue weighted by Gasteiger charge is -2.43. The Morgan fingerprint density at radius 3 is 2.68 bits per heavy atom. The molecular formula is C14H18ClN3O. The van der Waals surface area contributed by atoms with Crippen LogP contribution in [0, 0.1) is 0 Å². The summed E-state index contributed by atoms with van der Waals surface area (Å²) >= 11 is 6.04. The summed E-state index contributed by atoms with van der Waals surface area (Å²) in [6.07, 6.45) is 6.49. The Morgan fingerprint density at radius 2 is 2.00 bits per heavy atom. The van der Waals surface area contributed by atoms with Crippen LogP contribution in [0.25, 0.3) is 0 Å². The summed E-state index contributed by atoms with van der Waals surface area (Å²) in [4.78, 5) is 20.4. The molecule has 1 aliphatic carbocycles. The van der Waals surface area contributed by atoms with Crippen molar-refractivity contribution < 1.29 is 4.79 Å². The molecule has 1 aliphatic heterocycles. The molecule has 0 saturated heterocycles. The van der Waals surface area contributed by atoms with Crippen LogP contribution in [0.15, 0.2) is 12.3 Å². The van der Waals surface area contributed by atoms with E-state index >= 15 is 0 Å². The van der Waals surface area contributed by atoms with Crippen molar-refractivity contribution in [3.8, 4) is 0 Å². The van der Waals surface area contributed by atoms with Gasteiger partial charge in [0.15, 0.2) is 0 Å². The van der Waals surface area contributed by atoms with Crippen molar-refractivity contribution in [3.63, 3.8) is 0 Å². The van der Waals surface area contributed by atoms with Crippen LogP contribution in [0.5, 0.6) is 0 Å². The molecule has 0 N–H and O–H groups in total. The first-order valence-corrected chi connectivity index (χ1v) is 7.19. The number of aromatic nitrogens is 1. The van der Waals surface area contributed by atoms with E-state index in [0.29, 0.717) is 11.2 Å². The fourth-order valence-corrected chi connectivity index (χ4v) is 3.45. The molecule has 0 bridgehead atoms. The Hall–Kier alpha value is -1.29. The minimum Gasteiger partial charge on any atom is -0.355 e. The molecule has 1 atom stereocenters. The monoisotopic (exact) mass is 279 g/mol. The predicted octanol–water partition coefficient (Wildman–Crippen LogP) is 2.85. The van der Waals surface area contributed by atoms with E-state index in [9.17, 15) is 4.79 Å². The minimum atomic E-state index is -0.126. The summed E-state index contributed by atoms with van der Waals surface area (Å²) in [5.74, 6) is 0.128. The van der Waals surface area contributed by atoms with E-state index in [4.69, 9.17) is 11.6 Å². The van der Waals surface area contributed by atoms with Gasteiger partial charge in [-0.2, -0.15) is 0 Å². The number of fused-ring (bicyclic) bond motifs is 1. The number of halogens is 1. The highest BCUT2D eigenvalue weighted by molar-refractivity contribution is 6.30. The normalized spacial score (nSPS) is 23.9. The molecule has 1 amide bonds. The zero-order chi connectivity index (χ0) is 13.6. The van der Waals surface area contributed by atoms with Crippen LogP contribution in [0.4, 0.5) is 11.4 Å². The van der Waals surface area contributed by atoms with E-state index < -0.39 is 0 Å². The number of amides is 1. The Labute approximate surface area is 118 Å². The molecule has 1 unspecified atom stereocenters. The van der Waals surface area contributed by atoms with Crippen molar-refractivity contribution in [3.05, 3.63) is 17.4 Å². The lowest BCUT2D eigenvalue weighted by Crippen LogP contribution is -2.54. The first kappa shape index (κ1) is 12.7. The highest BCUT2D eigenvalue weighted by atomic mass is 35.5. The zero-order valence-electron chi connectivity index (χ0n) is 11.3. The van der Waals surface area contributed by atoms with Gasteiger partial charge in [-0.25, -0.2) is 4.98 Å².